The van der Waals surface area contributed by atoms with E-state index in [0.29, 0.717) is 48.4 Å². The summed E-state index contributed by atoms with van der Waals surface area (Å²) in [4.78, 5) is 39.2. The van der Waals surface area contributed by atoms with E-state index < -0.39 is 20.2 Å². The molecule has 12 heteroatoms. The Bertz CT molecular complexity index is 2440. The van der Waals surface area contributed by atoms with Crippen molar-refractivity contribution in [2.45, 2.75) is 64.5 Å². The minimum atomic E-state index is -2.24. The average Bonchev–Trinajstić information content (AvgIpc) is 3.43. The van der Waals surface area contributed by atoms with Gasteiger partial charge < -0.3 is 29.4 Å². The SMILES string of the molecule is CC(C)(C)[Si](C)(C)OC(CNCc1ccc2c(c1)oc(=O)n2CC/C=C/c1ccc(-c2ccccc2)c(NC(=O)O)c1)c1ccc(O)c2[nH]c(=O)ccc12. The van der Waals surface area contributed by atoms with Gasteiger partial charge in [-0.1, -0.05) is 87.5 Å². The maximum atomic E-state index is 12.9. The number of nitrogens with one attached hydrogen (secondary N) is 3. The Morgan fingerprint density at radius 1 is 1.00 bits per heavy atom. The van der Waals surface area contributed by atoms with Gasteiger partial charge in [-0.3, -0.25) is 14.7 Å². The van der Waals surface area contributed by atoms with E-state index in [1.54, 1.807) is 22.8 Å². The molecule has 6 aromatic rings. The summed E-state index contributed by atoms with van der Waals surface area (Å²) in [5.74, 6) is -0.440. The zero-order valence-electron chi connectivity index (χ0n) is 31.1. The van der Waals surface area contributed by atoms with Crippen LogP contribution in [0.1, 0.15) is 50.0 Å². The van der Waals surface area contributed by atoms with Gasteiger partial charge in [0.05, 0.1) is 22.8 Å². The van der Waals surface area contributed by atoms with Crippen LogP contribution in [0.4, 0.5) is 10.5 Å². The highest BCUT2D eigenvalue weighted by atomic mass is 28.4. The Kier molecular flexibility index (Phi) is 11.1. The molecule has 1 amide bonds. The second kappa shape index (κ2) is 15.7. The number of benzene rings is 4. The number of fused-ring (bicyclic) bond motifs is 2. The number of oxazole rings is 1. The molecular weight excluding hydrogens is 701 g/mol. The van der Waals surface area contributed by atoms with Gasteiger partial charge in [0, 0.05) is 36.7 Å². The van der Waals surface area contributed by atoms with Crippen LogP contribution in [-0.2, 0) is 17.5 Å². The number of amides is 1. The highest BCUT2D eigenvalue weighted by molar-refractivity contribution is 6.74. The quantitative estimate of drug-likeness (QED) is 0.0734. The second-order valence-corrected chi connectivity index (χ2v) is 19.7. The monoisotopic (exact) mass is 746 g/mol. The van der Waals surface area contributed by atoms with Crippen LogP contribution < -0.4 is 21.9 Å². The first-order valence-corrected chi connectivity index (χ1v) is 20.8. The summed E-state index contributed by atoms with van der Waals surface area (Å²) in [5.41, 5.74) is 6.07. The van der Waals surface area contributed by atoms with Gasteiger partial charge in [-0.25, -0.2) is 9.59 Å². The van der Waals surface area contributed by atoms with Crippen LogP contribution in [-0.4, -0.2) is 40.7 Å². The van der Waals surface area contributed by atoms with Crippen molar-refractivity contribution in [3.8, 4) is 16.9 Å². The molecule has 0 bridgehead atoms. The van der Waals surface area contributed by atoms with Gasteiger partial charge in [0.15, 0.2) is 13.9 Å². The second-order valence-electron chi connectivity index (χ2n) is 14.9. The number of allylic oxidation sites excluding steroid dienone is 1. The summed E-state index contributed by atoms with van der Waals surface area (Å²) < 4.78 is 14.2. The fourth-order valence-electron chi connectivity index (χ4n) is 6.24. The van der Waals surface area contributed by atoms with E-state index >= 15 is 0 Å². The number of phenols is 1. The first kappa shape index (κ1) is 38.0. The molecule has 280 valence electrons. The number of aromatic nitrogens is 2. The number of aromatic amines is 1. The summed E-state index contributed by atoms with van der Waals surface area (Å²) in [7, 11) is -2.24. The average molecular weight is 747 g/mol. The van der Waals surface area contributed by atoms with E-state index in [9.17, 15) is 24.6 Å². The highest BCUT2D eigenvalue weighted by Crippen LogP contribution is 2.41. The molecule has 0 radical (unpaired) electrons. The molecule has 1 unspecified atom stereocenters. The molecule has 54 heavy (non-hydrogen) atoms. The third kappa shape index (κ3) is 8.57. The van der Waals surface area contributed by atoms with Crippen molar-refractivity contribution in [1.29, 1.82) is 0 Å². The largest absolute Gasteiger partial charge is 0.506 e. The van der Waals surface area contributed by atoms with Crippen molar-refractivity contribution in [2.24, 2.45) is 0 Å². The van der Waals surface area contributed by atoms with E-state index in [2.05, 4.69) is 49.5 Å². The first-order valence-electron chi connectivity index (χ1n) is 17.9. The fraction of sp³-hybridized carbons (Fsp3) is 0.262. The van der Waals surface area contributed by atoms with Gasteiger partial charge in [0.2, 0.25) is 5.56 Å². The number of carbonyl (C=O) groups is 1. The molecule has 0 saturated heterocycles. The van der Waals surface area contributed by atoms with Crippen molar-refractivity contribution >= 4 is 48.2 Å². The topological polar surface area (TPSA) is 159 Å². The van der Waals surface area contributed by atoms with Crippen LogP contribution in [0.2, 0.25) is 18.1 Å². The van der Waals surface area contributed by atoms with Crippen molar-refractivity contribution in [2.75, 3.05) is 11.9 Å². The molecular formula is C42H46N4O7Si. The highest BCUT2D eigenvalue weighted by Gasteiger charge is 2.39. The molecule has 0 aliphatic carbocycles. The maximum Gasteiger partial charge on any atom is 0.419 e. The summed E-state index contributed by atoms with van der Waals surface area (Å²) in [5, 5.41) is 26.6. The zero-order chi connectivity index (χ0) is 38.6. The lowest BCUT2D eigenvalue weighted by Gasteiger charge is -2.39. The van der Waals surface area contributed by atoms with Gasteiger partial charge >= 0.3 is 11.8 Å². The normalized spacial score (nSPS) is 12.8. The number of pyridine rings is 1. The molecule has 0 aliphatic heterocycles. The fourth-order valence-corrected chi connectivity index (χ4v) is 7.52. The van der Waals surface area contributed by atoms with Crippen LogP contribution in [0, 0.1) is 0 Å². The number of rotatable bonds is 13. The predicted molar refractivity (Wildman–Crippen MR) is 217 cm³/mol. The van der Waals surface area contributed by atoms with Crippen molar-refractivity contribution < 1.29 is 23.9 Å². The number of carboxylic acid groups (broad SMARTS) is 1. The summed E-state index contributed by atoms with van der Waals surface area (Å²) >= 11 is 0. The molecule has 4 aromatic carbocycles. The molecule has 0 saturated carbocycles. The summed E-state index contributed by atoms with van der Waals surface area (Å²) in [6.07, 6.45) is 2.90. The first-order chi connectivity index (χ1) is 25.7. The smallest absolute Gasteiger partial charge is 0.419 e. The number of phenolic OH excluding ortho intramolecular Hbond substituents is 1. The van der Waals surface area contributed by atoms with E-state index in [0.717, 1.165) is 33.2 Å². The number of aryl methyl sites for hydroxylation is 1. The summed E-state index contributed by atoms with van der Waals surface area (Å²) in [6.45, 7) is 12.3. The van der Waals surface area contributed by atoms with Crippen LogP contribution >= 0.6 is 0 Å². The predicted octanol–water partition coefficient (Wildman–Crippen LogP) is 8.85. The van der Waals surface area contributed by atoms with Gasteiger partial charge in [-0.05, 0) is 77.1 Å². The van der Waals surface area contributed by atoms with E-state index in [1.807, 2.05) is 78.9 Å². The van der Waals surface area contributed by atoms with Crippen LogP contribution in [0.5, 0.6) is 5.75 Å². The number of H-pyrrole nitrogens is 1. The van der Waals surface area contributed by atoms with Crippen molar-refractivity contribution in [3.05, 3.63) is 135 Å². The van der Waals surface area contributed by atoms with Crippen LogP contribution in [0.3, 0.4) is 0 Å². The van der Waals surface area contributed by atoms with Gasteiger partial charge in [0.25, 0.3) is 0 Å². The molecule has 11 nitrogen and oxygen atoms in total. The number of aromatic hydroxyl groups is 1. The van der Waals surface area contributed by atoms with E-state index in [1.165, 1.54) is 6.07 Å². The van der Waals surface area contributed by atoms with Gasteiger partial charge in [0.1, 0.15) is 5.75 Å². The Labute approximate surface area is 314 Å². The third-order valence-electron chi connectivity index (χ3n) is 10.1. The number of hydrogen-bond acceptors (Lipinski definition) is 7. The molecule has 0 spiro atoms. The lowest BCUT2D eigenvalue weighted by molar-refractivity contribution is 0.181. The standard InChI is InChI=1S/C42H46N4O7Si/c1-42(2,3)54(4,5)53-37(31-17-20-35(47)39-32(31)18-21-38(48)45-39)26-43-25-28-15-19-34-36(24-28)52-41(51)46(34)22-10-9-11-27-14-16-30(29-12-7-6-8-13-29)33(23-27)44-40(49)50/h6-9,11-21,23-24,37,43-44,47H,10,22,25-26H2,1-5H3,(H,45,48)(H,49,50)/b11-9+. The molecule has 5 N–H and O–H groups in total. The third-order valence-corrected chi connectivity index (χ3v) is 14.6. The minimum absolute atomic E-state index is 0.00110. The van der Waals surface area contributed by atoms with E-state index in [-0.39, 0.29) is 22.5 Å². The molecule has 2 aromatic heterocycles. The number of hydrogen-bond donors (Lipinski definition) is 5. The van der Waals surface area contributed by atoms with Gasteiger partial charge in [-0.2, -0.15) is 0 Å². The minimum Gasteiger partial charge on any atom is -0.506 e. The van der Waals surface area contributed by atoms with Crippen LogP contribution in [0.25, 0.3) is 39.2 Å². The Morgan fingerprint density at radius 3 is 2.52 bits per heavy atom. The van der Waals surface area contributed by atoms with Gasteiger partial charge in [-0.15, -0.1) is 0 Å². The molecule has 6 rings (SSSR count). The Balaban J connectivity index is 1.14. The van der Waals surface area contributed by atoms with Crippen molar-refractivity contribution in [1.82, 2.24) is 14.9 Å². The maximum absolute atomic E-state index is 12.9. The lowest BCUT2D eigenvalue weighted by Crippen LogP contribution is -2.43. The van der Waals surface area contributed by atoms with Crippen LogP contribution in [0.15, 0.2) is 111 Å². The molecule has 0 aliphatic rings. The Morgan fingerprint density at radius 2 is 1.78 bits per heavy atom. The summed E-state index contributed by atoms with van der Waals surface area (Å²) in [6, 6.07) is 27.5. The number of anilines is 1. The Hall–Kier alpha value is -5.69. The number of nitrogens with zero attached hydrogens (tertiary/aromatic N) is 1. The molecule has 1 atom stereocenters. The lowest BCUT2D eigenvalue weighted by atomic mass is 10.0. The van der Waals surface area contributed by atoms with Crippen molar-refractivity contribution in [3.63, 3.8) is 0 Å². The van der Waals surface area contributed by atoms with E-state index in [4.69, 9.17) is 8.84 Å². The molecule has 2 heterocycles. The molecule has 0 fully saturated rings. The zero-order valence-corrected chi connectivity index (χ0v) is 32.1.